The average Bonchev–Trinajstić information content (AvgIpc) is 3.34. The Morgan fingerprint density at radius 3 is 2.21 bits per heavy atom. The van der Waals surface area contributed by atoms with E-state index in [1.165, 1.54) is 0 Å². The molecular weight excluding hydrogens is 354 g/mol. The maximum Gasteiger partial charge on any atom is 0.407 e. The molecule has 28 heavy (non-hydrogen) atoms. The highest BCUT2D eigenvalue weighted by Crippen LogP contribution is 2.49. The van der Waals surface area contributed by atoms with E-state index in [0.29, 0.717) is 6.42 Å². The van der Waals surface area contributed by atoms with E-state index in [9.17, 15) is 14.7 Å². The molecule has 0 aromatic heterocycles. The molecule has 2 aliphatic rings. The molecule has 1 amide bonds. The van der Waals surface area contributed by atoms with E-state index in [1.807, 2.05) is 24.3 Å². The van der Waals surface area contributed by atoms with Gasteiger partial charge < -0.3 is 15.2 Å². The summed E-state index contributed by atoms with van der Waals surface area (Å²) < 4.78 is 5.45. The van der Waals surface area contributed by atoms with Crippen LogP contribution in [0.25, 0.3) is 11.1 Å². The molecule has 1 saturated carbocycles. The van der Waals surface area contributed by atoms with Crippen molar-refractivity contribution in [2.45, 2.75) is 44.6 Å². The van der Waals surface area contributed by atoms with Crippen molar-refractivity contribution < 1.29 is 19.4 Å². The molecule has 0 unspecified atom stereocenters. The van der Waals surface area contributed by atoms with Crippen LogP contribution < -0.4 is 5.32 Å². The molecule has 0 aliphatic heterocycles. The quantitative estimate of drug-likeness (QED) is 0.739. The van der Waals surface area contributed by atoms with Gasteiger partial charge in [0.2, 0.25) is 0 Å². The molecule has 0 heterocycles. The van der Waals surface area contributed by atoms with Gasteiger partial charge in [0.05, 0.1) is 0 Å². The minimum Gasteiger partial charge on any atom is -0.480 e. The average molecular weight is 379 g/mol. The van der Waals surface area contributed by atoms with Crippen molar-refractivity contribution in [1.82, 2.24) is 5.32 Å². The number of aliphatic carboxylic acids is 1. The third kappa shape index (κ3) is 3.75. The van der Waals surface area contributed by atoms with E-state index in [2.05, 4.69) is 36.5 Å². The van der Waals surface area contributed by atoms with Crippen molar-refractivity contribution in [3.8, 4) is 11.1 Å². The number of ether oxygens (including phenoxy) is 1. The van der Waals surface area contributed by atoms with Gasteiger partial charge >= 0.3 is 12.1 Å². The van der Waals surface area contributed by atoms with Crippen LogP contribution in [0.2, 0.25) is 0 Å². The molecule has 2 N–H and O–H groups in total. The van der Waals surface area contributed by atoms with Crippen molar-refractivity contribution in [3.05, 3.63) is 59.7 Å². The van der Waals surface area contributed by atoms with Crippen molar-refractivity contribution in [2.24, 2.45) is 5.41 Å². The van der Waals surface area contributed by atoms with E-state index in [0.717, 1.165) is 41.5 Å². The number of amides is 1. The number of carbonyl (C=O) groups excluding carboxylic acids is 1. The minimum atomic E-state index is -1.02. The molecule has 4 rings (SSSR count). The SMILES string of the molecule is CC1(CC[C@H](NC(=O)OCC2c3ccccc3-c3ccccc32)C(=O)O)CC1. The van der Waals surface area contributed by atoms with Gasteiger partial charge in [0.25, 0.3) is 0 Å². The Morgan fingerprint density at radius 1 is 1.11 bits per heavy atom. The zero-order valence-electron chi connectivity index (χ0n) is 16.0. The van der Waals surface area contributed by atoms with Gasteiger partial charge in [0.15, 0.2) is 0 Å². The fourth-order valence-electron chi connectivity index (χ4n) is 4.00. The molecule has 2 aromatic carbocycles. The van der Waals surface area contributed by atoms with Crippen LogP contribution in [0.15, 0.2) is 48.5 Å². The number of benzene rings is 2. The molecule has 0 spiro atoms. The number of rotatable bonds is 7. The molecule has 2 aromatic rings. The lowest BCUT2D eigenvalue weighted by Gasteiger charge is -2.18. The number of hydrogen-bond acceptors (Lipinski definition) is 3. The van der Waals surface area contributed by atoms with Crippen LogP contribution in [-0.2, 0) is 9.53 Å². The van der Waals surface area contributed by atoms with E-state index in [-0.39, 0.29) is 17.9 Å². The fraction of sp³-hybridized carbons (Fsp3) is 0.391. The molecule has 146 valence electrons. The Morgan fingerprint density at radius 2 is 1.68 bits per heavy atom. The smallest absolute Gasteiger partial charge is 0.407 e. The molecular formula is C23H25NO4. The number of nitrogens with one attached hydrogen (secondary N) is 1. The van der Waals surface area contributed by atoms with E-state index < -0.39 is 18.1 Å². The van der Waals surface area contributed by atoms with Crippen molar-refractivity contribution >= 4 is 12.1 Å². The summed E-state index contributed by atoms with van der Waals surface area (Å²) in [6.07, 6.45) is 2.81. The zero-order chi connectivity index (χ0) is 19.7. The predicted octanol–water partition coefficient (Wildman–Crippen LogP) is 4.56. The van der Waals surface area contributed by atoms with E-state index in [1.54, 1.807) is 0 Å². The van der Waals surface area contributed by atoms with Gasteiger partial charge in [-0.05, 0) is 53.4 Å². The molecule has 0 bridgehead atoms. The second-order valence-electron chi connectivity index (χ2n) is 8.21. The lowest BCUT2D eigenvalue weighted by molar-refractivity contribution is -0.139. The molecule has 5 nitrogen and oxygen atoms in total. The first-order chi connectivity index (χ1) is 13.5. The summed E-state index contributed by atoms with van der Waals surface area (Å²) in [6.45, 7) is 2.34. The summed E-state index contributed by atoms with van der Waals surface area (Å²) in [4.78, 5) is 23.8. The predicted molar refractivity (Wildman–Crippen MR) is 106 cm³/mol. The van der Waals surface area contributed by atoms with Crippen LogP contribution in [0.5, 0.6) is 0 Å². The van der Waals surface area contributed by atoms with Gasteiger partial charge in [-0.1, -0.05) is 55.5 Å². The Balaban J connectivity index is 1.39. The molecule has 0 radical (unpaired) electrons. The number of carboxylic acids is 1. The Hall–Kier alpha value is -2.82. The summed E-state index contributed by atoms with van der Waals surface area (Å²) in [5, 5.41) is 11.9. The number of alkyl carbamates (subject to hydrolysis) is 1. The first-order valence-corrected chi connectivity index (χ1v) is 9.81. The topological polar surface area (TPSA) is 75.6 Å². The van der Waals surface area contributed by atoms with E-state index in [4.69, 9.17) is 4.74 Å². The number of hydrogen-bond donors (Lipinski definition) is 2. The lowest BCUT2D eigenvalue weighted by atomic mass is 9.98. The van der Waals surface area contributed by atoms with E-state index >= 15 is 0 Å². The Labute approximate surface area is 164 Å². The van der Waals surface area contributed by atoms with Crippen molar-refractivity contribution in [2.75, 3.05) is 6.61 Å². The maximum atomic E-state index is 12.3. The molecule has 0 saturated heterocycles. The highest BCUT2D eigenvalue weighted by molar-refractivity contribution is 5.81. The number of carboxylic acid groups (broad SMARTS) is 1. The van der Waals surface area contributed by atoms with Crippen molar-refractivity contribution in [3.63, 3.8) is 0 Å². The van der Waals surface area contributed by atoms with Gasteiger partial charge in [0.1, 0.15) is 12.6 Å². The summed E-state index contributed by atoms with van der Waals surface area (Å²) in [5.41, 5.74) is 4.83. The summed E-state index contributed by atoms with van der Waals surface area (Å²) in [7, 11) is 0. The Kier molecular flexibility index (Phi) is 4.84. The third-order valence-corrected chi connectivity index (χ3v) is 6.07. The second kappa shape index (κ2) is 7.30. The number of carbonyl (C=O) groups is 2. The zero-order valence-corrected chi connectivity index (χ0v) is 16.0. The monoisotopic (exact) mass is 379 g/mol. The summed E-state index contributed by atoms with van der Waals surface area (Å²) in [5.74, 6) is -1.05. The van der Waals surface area contributed by atoms with Crippen LogP contribution in [-0.4, -0.2) is 29.8 Å². The van der Waals surface area contributed by atoms with Crippen LogP contribution in [0.1, 0.15) is 49.7 Å². The van der Waals surface area contributed by atoms with Crippen LogP contribution in [0.3, 0.4) is 0 Å². The maximum absolute atomic E-state index is 12.3. The van der Waals surface area contributed by atoms with Gasteiger partial charge in [-0.15, -0.1) is 0 Å². The van der Waals surface area contributed by atoms with Gasteiger partial charge in [0, 0.05) is 5.92 Å². The fourth-order valence-corrected chi connectivity index (χ4v) is 4.00. The van der Waals surface area contributed by atoms with Gasteiger partial charge in [-0.25, -0.2) is 9.59 Å². The largest absolute Gasteiger partial charge is 0.480 e. The summed E-state index contributed by atoms with van der Waals surface area (Å²) in [6, 6.07) is 15.3. The molecule has 5 heteroatoms. The normalized spacial score (nSPS) is 17.3. The Bertz CT molecular complexity index is 857. The minimum absolute atomic E-state index is 0.0354. The van der Waals surface area contributed by atoms with Crippen molar-refractivity contribution in [1.29, 1.82) is 0 Å². The molecule has 1 atom stereocenters. The molecule has 2 aliphatic carbocycles. The highest BCUT2D eigenvalue weighted by atomic mass is 16.5. The van der Waals surface area contributed by atoms with Gasteiger partial charge in [-0.2, -0.15) is 0 Å². The number of fused-ring (bicyclic) bond motifs is 3. The van der Waals surface area contributed by atoms with Crippen LogP contribution in [0, 0.1) is 5.41 Å². The first-order valence-electron chi connectivity index (χ1n) is 9.81. The molecule has 1 fully saturated rings. The second-order valence-corrected chi connectivity index (χ2v) is 8.21. The highest BCUT2D eigenvalue weighted by Gasteiger charge is 2.38. The summed E-state index contributed by atoms with van der Waals surface area (Å²) >= 11 is 0. The first kappa shape index (κ1) is 18.5. The van der Waals surface area contributed by atoms with Gasteiger partial charge in [-0.3, -0.25) is 0 Å². The van der Waals surface area contributed by atoms with Crippen LogP contribution in [0.4, 0.5) is 4.79 Å². The lowest BCUT2D eigenvalue weighted by Crippen LogP contribution is -2.41. The third-order valence-electron chi connectivity index (χ3n) is 6.07. The van der Waals surface area contributed by atoms with Crippen LogP contribution >= 0.6 is 0 Å². The standard InChI is InChI=1S/C23H25NO4/c1-23(12-13-23)11-10-20(21(25)26)24-22(27)28-14-19-17-8-4-2-6-15(17)16-7-3-5-9-18(16)19/h2-9,19-20H,10-14H2,1H3,(H,24,27)(H,25,26)/t20-/m0/s1.